The number of aryl methyl sites for hydroxylation is 1. The average molecular weight is 466 g/mol. The van der Waals surface area contributed by atoms with Crippen molar-refractivity contribution in [2.45, 2.75) is 25.7 Å². The highest BCUT2D eigenvalue weighted by atomic mass is 19.3. The summed E-state index contributed by atoms with van der Waals surface area (Å²) < 4.78 is 42.9. The molecule has 1 aromatic carbocycles. The van der Waals surface area contributed by atoms with Crippen molar-refractivity contribution in [1.29, 1.82) is 0 Å². The van der Waals surface area contributed by atoms with Crippen molar-refractivity contribution in [3.05, 3.63) is 89.6 Å². The number of nitrogens with zero attached hydrogens (tertiary/aromatic N) is 5. The van der Waals surface area contributed by atoms with Gasteiger partial charge in [0.1, 0.15) is 17.5 Å². The molecule has 0 unspecified atom stereocenters. The molecule has 0 fully saturated rings. The van der Waals surface area contributed by atoms with E-state index in [2.05, 4.69) is 25.4 Å². The Labute approximate surface area is 193 Å². The second-order valence-electron chi connectivity index (χ2n) is 7.94. The van der Waals surface area contributed by atoms with Crippen LogP contribution < -0.4 is 5.32 Å². The molecule has 1 amide bonds. The molecular formula is C24H21F3N6O. The molecule has 0 aliphatic heterocycles. The average Bonchev–Trinajstić information content (AvgIpc) is 3.20. The van der Waals surface area contributed by atoms with Crippen LogP contribution >= 0.6 is 0 Å². The van der Waals surface area contributed by atoms with Gasteiger partial charge in [-0.1, -0.05) is 12.1 Å². The summed E-state index contributed by atoms with van der Waals surface area (Å²) in [5.74, 6) is -3.36. The molecule has 34 heavy (non-hydrogen) atoms. The van der Waals surface area contributed by atoms with Gasteiger partial charge in [-0.3, -0.25) is 9.48 Å². The quantitative estimate of drug-likeness (QED) is 0.439. The van der Waals surface area contributed by atoms with Gasteiger partial charge in [0.15, 0.2) is 0 Å². The molecule has 0 spiro atoms. The maximum Gasteiger partial charge on any atom is 0.272 e. The Morgan fingerprint density at radius 2 is 1.79 bits per heavy atom. The van der Waals surface area contributed by atoms with Crippen molar-refractivity contribution in [3.63, 3.8) is 0 Å². The minimum Gasteiger partial charge on any atom is -0.310 e. The van der Waals surface area contributed by atoms with E-state index in [0.717, 1.165) is 18.7 Å². The maximum absolute atomic E-state index is 14.7. The summed E-state index contributed by atoms with van der Waals surface area (Å²) in [6.07, 6.45) is 8.17. The van der Waals surface area contributed by atoms with Gasteiger partial charge < -0.3 is 5.32 Å². The van der Waals surface area contributed by atoms with Crippen molar-refractivity contribution in [2.24, 2.45) is 7.05 Å². The largest absolute Gasteiger partial charge is 0.310 e. The summed E-state index contributed by atoms with van der Waals surface area (Å²) in [6.45, 7) is 0.762. The molecular weight excluding hydrogens is 445 g/mol. The summed E-state index contributed by atoms with van der Waals surface area (Å²) in [7, 11) is 1.83. The van der Waals surface area contributed by atoms with Crippen LogP contribution in [0.1, 0.15) is 29.4 Å². The smallest absolute Gasteiger partial charge is 0.272 e. The number of rotatable bonds is 7. The zero-order valence-corrected chi connectivity index (χ0v) is 18.5. The number of nitrogens with one attached hydrogen (secondary N) is 1. The summed E-state index contributed by atoms with van der Waals surface area (Å²) in [5.41, 5.74) is 2.13. The third kappa shape index (κ3) is 5.64. The Morgan fingerprint density at radius 3 is 2.38 bits per heavy atom. The lowest BCUT2D eigenvalue weighted by molar-refractivity contribution is -0.115. The molecule has 0 aliphatic carbocycles. The molecule has 3 heterocycles. The number of amides is 1. The highest BCUT2D eigenvalue weighted by Gasteiger charge is 2.24. The highest BCUT2D eigenvalue weighted by molar-refractivity contribution is 5.91. The van der Waals surface area contributed by atoms with Gasteiger partial charge in [0.2, 0.25) is 5.91 Å². The van der Waals surface area contributed by atoms with Crippen LogP contribution in [0.3, 0.4) is 0 Å². The Hall–Kier alpha value is -4.08. The molecule has 0 radical (unpaired) electrons. The summed E-state index contributed by atoms with van der Waals surface area (Å²) in [4.78, 5) is 24.8. The van der Waals surface area contributed by atoms with Crippen LogP contribution in [0.15, 0.2) is 61.3 Å². The number of benzene rings is 1. The van der Waals surface area contributed by atoms with E-state index in [1.807, 2.05) is 13.2 Å². The van der Waals surface area contributed by atoms with Gasteiger partial charge in [-0.2, -0.15) is 5.10 Å². The Morgan fingerprint density at radius 1 is 1.03 bits per heavy atom. The molecule has 4 aromatic rings. The van der Waals surface area contributed by atoms with Crippen molar-refractivity contribution in [2.75, 3.05) is 5.32 Å². The SMILES string of the molecule is Cn1cc(Cc2ncc(-c3ccc(CC(=O)Nc4ccc(C(C)(F)F)cn4)c(F)c3)cn2)cn1. The minimum absolute atomic E-state index is 0.110. The lowest BCUT2D eigenvalue weighted by Gasteiger charge is -2.11. The normalized spacial score (nSPS) is 11.4. The van der Waals surface area contributed by atoms with E-state index in [0.29, 0.717) is 23.4 Å². The van der Waals surface area contributed by atoms with Gasteiger partial charge in [0, 0.05) is 56.3 Å². The lowest BCUT2D eigenvalue weighted by Crippen LogP contribution is -2.16. The van der Waals surface area contributed by atoms with Gasteiger partial charge in [-0.05, 0) is 34.9 Å². The number of alkyl halides is 2. The molecule has 1 N–H and O–H groups in total. The fraction of sp³-hybridized carbons (Fsp3) is 0.208. The van der Waals surface area contributed by atoms with Gasteiger partial charge in [-0.15, -0.1) is 0 Å². The number of hydrogen-bond acceptors (Lipinski definition) is 5. The van der Waals surface area contributed by atoms with E-state index >= 15 is 0 Å². The van der Waals surface area contributed by atoms with Crippen molar-refractivity contribution in [3.8, 4) is 11.1 Å². The molecule has 0 bridgehead atoms. The monoisotopic (exact) mass is 466 g/mol. The molecule has 0 atom stereocenters. The van der Waals surface area contributed by atoms with E-state index < -0.39 is 17.6 Å². The van der Waals surface area contributed by atoms with Crippen LogP contribution in [0.5, 0.6) is 0 Å². The van der Waals surface area contributed by atoms with E-state index in [1.165, 1.54) is 24.3 Å². The zero-order chi connectivity index (χ0) is 24.3. The number of halogens is 3. The van der Waals surface area contributed by atoms with Crippen molar-refractivity contribution in [1.82, 2.24) is 24.7 Å². The highest BCUT2D eigenvalue weighted by Crippen LogP contribution is 2.26. The predicted molar refractivity (Wildman–Crippen MR) is 120 cm³/mol. The van der Waals surface area contributed by atoms with E-state index in [4.69, 9.17) is 0 Å². The number of hydrogen-bond donors (Lipinski definition) is 1. The molecule has 0 saturated heterocycles. The van der Waals surface area contributed by atoms with Gasteiger partial charge in [0.05, 0.1) is 12.6 Å². The first-order valence-electron chi connectivity index (χ1n) is 10.4. The van der Waals surface area contributed by atoms with Crippen LogP contribution in [-0.4, -0.2) is 30.6 Å². The van der Waals surface area contributed by atoms with Crippen molar-refractivity contribution < 1.29 is 18.0 Å². The first-order valence-corrected chi connectivity index (χ1v) is 10.4. The predicted octanol–water partition coefficient (Wildman–Crippen LogP) is 4.29. The standard InChI is InChI=1S/C24H21F3N6O/c1-24(26,27)19-5-6-21(30-13-19)32-23(34)9-17-4-3-16(8-20(17)25)18-11-28-22(29-12-18)7-15-10-31-33(2)14-15/h3-6,8,10-14H,7,9H2,1-2H3,(H,30,32,34). The molecule has 174 valence electrons. The lowest BCUT2D eigenvalue weighted by atomic mass is 10.0. The first kappa shape index (κ1) is 23.1. The Kier molecular flexibility index (Phi) is 6.40. The maximum atomic E-state index is 14.7. The Bertz CT molecular complexity index is 1300. The first-order chi connectivity index (χ1) is 16.2. The van der Waals surface area contributed by atoms with Crippen LogP contribution in [0.25, 0.3) is 11.1 Å². The summed E-state index contributed by atoms with van der Waals surface area (Å²) >= 11 is 0. The number of carbonyl (C=O) groups is 1. The van der Waals surface area contributed by atoms with Crippen molar-refractivity contribution >= 4 is 11.7 Å². The van der Waals surface area contributed by atoms with Gasteiger partial charge in [-0.25, -0.2) is 28.1 Å². The van der Waals surface area contributed by atoms with E-state index in [9.17, 15) is 18.0 Å². The van der Waals surface area contributed by atoms with E-state index in [-0.39, 0.29) is 23.4 Å². The Balaban J connectivity index is 1.39. The van der Waals surface area contributed by atoms with Crippen LogP contribution in [0, 0.1) is 5.82 Å². The topological polar surface area (TPSA) is 85.6 Å². The number of anilines is 1. The third-order valence-electron chi connectivity index (χ3n) is 5.10. The molecule has 7 nitrogen and oxygen atoms in total. The summed E-state index contributed by atoms with van der Waals surface area (Å²) in [6, 6.07) is 6.98. The van der Waals surface area contributed by atoms with Crippen LogP contribution in [0.4, 0.5) is 19.0 Å². The molecule has 4 rings (SSSR count). The second-order valence-corrected chi connectivity index (χ2v) is 7.94. The third-order valence-corrected chi connectivity index (χ3v) is 5.10. The molecule has 3 aromatic heterocycles. The van der Waals surface area contributed by atoms with Crippen LogP contribution in [0.2, 0.25) is 0 Å². The second kappa shape index (κ2) is 9.42. The van der Waals surface area contributed by atoms with Crippen LogP contribution in [-0.2, 0) is 30.6 Å². The summed E-state index contributed by atoms with van der Waals surface area (Å²) in [5, 5.41) is 6.59. The fourth-order valence-corrected chi connectivity index (χ4v) is 3.30. The number of aromatic nitrogens is 5. The number of carbonyl (C=O) groups excluding carboxylic acids is 1. The van der Waals surface area contributed by atoms with E-state index in [1.54, 1.807) is 29.3 Å². The number of pyridine rings is 1. The molecule has 0 saturated carbocycles. The zero-order valence-electron chi connectivity index (χ0n) is 18.5. The van der Waals surface area contributed by atoms with Gasteiger partial charge in [0.25, 0.3) is 5.92 Å². The molecule has 10 heteroatoms. The molecule has 0 aliphatic rings. The minimum atomic E-state index is -3.02. The van der Waals surface area contributed by atoms with Gasteiger partial charge >= 0.3 is 0 Å². The fourth-order valence-electron chi connectivity index (χ4n) is 3.30.